The Bertz CT molecular complexity index is 736. The van der Waals surface area contributed by atoms with Gasteiger partial charge in [0.1, 0.15) is 0 Å². The molecule has 1 amide bonds. The van der Waals surface area contributed by atoms with Crippen molar-refractivity contribution < 1.29 is 18.9 Å². The van der Waals surface area contributed by atoms with Gasteiger partial charge in [0.25, 0.3) is 11.9 Å². The zero-order chi connectivity index (χ0) is 15.7. The highest BCUT2D eigenvalue weighted by molar-refractivity contribution is 5.96. The van der Waals surface area contributed by atoms with E-state index in [1.54, 1.807) is 12.1 Å². The van der Waals surface area contributed by atoms with Crippen LogP contribution in [-0.2, 0) is 9.53 Å². The van der Waals surface area contributed by atoms with Crippen molar-refractivity contribution in [2.75, 3.05) is 0 Å². The number of hydrogen-bond acceptors (Lipinski definition) is 6. The van der Waals surface area contributed by atoms with Crippen LogP contribution in [0.25, 0.3) is 0 Å². The Balaban J connectivity index is 1.90. The Morgan fingerprint density at radius 2 is 2.05 bits per heavy atom. The number of nitrogens with zero attached hydrogens (tertiary/aromatic N) is 3. The van der Waals surface area contributed by atoms with E-state index in [1.165, 1.54) is 37.5 Å². The van der Waals surface area contributed by atoms with Crippen LogP contribution in [0.2, 0.25) is 0 Å². The number of hydrazone groups is 1. The van der Waals surface area contributed by atoms with E-state index in [0.717, 1.165) is 5.01 Å². The molecule has 0 unspecified atom stereocenters. The number of ether oxygens (including phenoxy) is 1. The van der Waals surface area contributed by atoms with Gasteiger partial charge >= 0.3 is 0 Å². The van der Waals surface area contributed by atoms with Gasteiger partial charge in [0.2, 0.25) is 11.8 Å². The summed E-state index contributed by atoms with van der Waals surface area (Å²) in [4.78, 5) is 21.8. The fourth-order valence-corrected chi connectivity index (χ4v) is 2.03. The number of rotatable bonds is 3. The summed E-state index contributed by atoms with van der Waals surface area (Å²) in [6.45, 7) is 1.36. The van der Waals surface area contributed by atoms with Crippen molar-refractivity contribution in [3.05, 3.63) is 64.1 Å². The number of benzene rings is 1. The highest BCUT2D eigenvalue weighted by Gasteiger charge is 2.34. The number of furan rings is 1. The van der Waals surface area contributed by atoms with Gasteiger partial charge in [-0.1, -0.05) is 0 Å². The molecular weight excluding hydrogens is 290 g/mol. The fourth-order valence-electron chi connectivity index (χ4n) is 2.03. The maximum Gasteiger partial charge on any atom is 0.269 e. The average Bonchev–Trinajstić information content (AvgIpc) is 3.16. The summed E-state index contributed by atoms with van der Waals surface area (Å²) in [5.74, 6) is 0.334. The first-order valence-corrected chi connectivity index (χ1v) is 6.39. The minimum Gasteiger partial charge on any atom is -0.463 e. The van der Waals surface area contributed by atoms with Crippen LogP contribution in [0.15, 0.2) is 52.2 Å². The molecular formula is C14H11N3O5. The lowest BCUT2D eigenvalue weighted by Gasteiger charge is -2.16. The molecule has 22 heavy (non-hydrogen) atoms. The summed E-state index contributed by atoms with van der Waals surface area (Å²) in [5, 5.41) is 15.9. The first-order valence-electron chi connectivity index (χ1n) is 6.39. The Labute approximate surface area is 124 Å². The molecule has 2 aromatic rings. The summed E-state index contributed by atoms with van der Waals surface area (Å²) in [5.41, 5.74) is 0.499. The molecule has 8 heteroatoms. The molecule has 0 bridgehead atoms. The number of hydrogen-bond donors (Lipinski definition) is 0. The molecule has 0 saturated carbocycles. The van der Waals surface area contributed by atoms with E-state index in [1.807, 2.05) is 0 Å². The van der Waals surface area contributed by atoms with Gasteiger partial charge in [0.15, 0.2) is 5.76 Å². The summed E-state index contributed by atoms with van der Waals surface area (Å²) < 4.78 is 10.9. The predicted octanol–water partition coefficient (Wildman–Crippen LogP) is 2.43. The normalized spacial score (nSPS) is 17.0. The van der Waals surface area contributed by atoms with E-state index in [4.69, 9.17) is 9.15 Å². The van der Waals surface area contributed by atoms with Crippen LogP contribution >= 0.6 is 0 Å². The van der Waals surface area contributed by atoms with Gasteiger partial charge in [-0.3, -0.25) is 14.9 Å². The molecule has 112 valence electrons. The lowest BCUT2D eigenvalue weighted by atomic mass is 10.2. The molecule has 0 fully saturated rings. The van der Waals surface area contributed by atoms with Crippen LogP contribution in [-0.4, -0.2) is 21.7 Å². The minimum atomic E-state index is -0.780. The molecule has 0 aliphatic carbocycles. The Hall–Kier alpha value is -3.16. The van der Waals surface area contributed by atoms with Crippen molar-refractivity contribution >= 4 is 17.5 Å². The maximum atomic E-state index is 11.7. The number of amides is 1. The van der Waals surface area contributed by atoms with Crippen molar-refractivity contribution in [2.24, 2.45) is 5.10 Å². The van der Waals surface area contributed by atoms with Gasteiger partial charge < -0.3 is 9.15 Å². The average molecular weight is 301 g/mol. The van der Waals surface area contributed by atoms with Crippen LogP contribution in [0.1, 0.15) is 24.5 Å². The Morgan fingerprint density at radius 3 is 2.59 bits per heavy atom. The molecule has 1 aliphatic heterocycles. The lowest BCUT2D eigenvalue weighted by molar-refractivity contribution is -0.384. The van der Waals surface area contributed by atoms with Crippen molar-refractivity contribution in [3.63, 3.8) is 0 Å². The summed E-state index contributed by atoms with van der Waals surface area (Å²) >= 11 is 0. The third kappa shape index (κ3) is 2.41. The molecule has 2 heterocycles. The smallest absolute Gasteiger partial charge is 0.269 e. The number of nitro benzene ring substituents is 1. The monoisotopic (exact) mass is 301 g/mol. The van der Waals surface area contributed by atoms with Crippen molar-refractivity contribution in [2.45, 2.75) is 13.2 Å². The van der Waals surface area contributed by atoms with Gasteiger partial charge in [0, 0.05) is 24.6 Å². The van der Waals surface area contributed by atoms with E-state index < -0.39 is 11.2 Å². The van der Waals surface area contributed by atoms with Crippen LogP contribution in [0.5, 0.6) is 0 Å². The Kier molecular flexibility index (Phi) is 3.34. The van der Waals surface area contributed by atoms with Gasteiger partial charge in [-0.25, -0.2) is 0 Å². The minimum absolute atomic E-state index is 0.0339. The molecule has 0 saturated heterocycles. The zero-order valence-corrected chi connectivity index (χ0v) is 11.5. The number of non-ortho nitro benzene ring substituents is 1. The molecule has 0 spiro atoms. The summed E-state index contributed by atoms with van der Waals surface area (Å²) in [7, 11) is 0. The van der Waals surface area contributed by atoms with Gasteiger partial charge in [-0.15, -0.1) is 5.10 Å². The first-order chi connectivity index (χ1) is 10.6. The van der Waals surface area contributed by atoms with E-state index in [2.05, 4.69) is 5.10 Å². The zero-order valence-electron chi connectivity index (χ0n) is 11.5. The molecule has 1 atom stereocenters. The second-order valence-electron chi connectivity index (χ2n) is 4.56. The van der Waals surface area contributed by atoms with Gasteiger partial charge in [-0.05, 0) is 24.3 Å². The quantitative estimate of drug-likeness (QED) is 0.640. The molecule has 1 aromatic carbocycles. The highest BCUT2D eigenvalue weighted by Crippen LogP contribution is 2.30. The van der Waals surface area contributed by atoms with Crippen molar-refractivity contribution in [1.82, 2.24) is 5.01 Å². The molecule has 1 aliphatic rings. The fraction of sp³-hybridized carbons (Fsp3) is 0.143. The molecule has 3 rings (SSSR count). The van der Waals surface area contributed by atoms with Crippen LogP contribution in [0.3, 0.4) is 0 Å². The largest absolute Gasteiger partial charge is 0.463 e. The van der Waals surface area contributed by atoms with Gasteiger partial charge in [-0.2, -0.15) is 5.01 Å². The number of carbonyl (C=O) groups excluding carboxylic acids is 1. The van der Waals surface area contributed by atoms with E-state index >= 15 is 0 Å². The van der Waals surface area contributed by atoms with Crippen molar-refractivity contribution in [1.29, 1.82) is 0 Å². The standard InChI is InChI=1S/C14H11N3O5/c1-9(18)16-14(12-3-2-8-21-12)22-13(15-16)10-4-6-11(7-5-10)17(19)20/h2-8,14H,1H3/t14-/m0/s1. The second-order valence-corrected chi connectivity index (χ2v) is 4.56. The lowest BCUT2D eigenvalue weighted by Crippen LogP contribution is -2.24. The van der Waals surface area contributed by atoms with Crippen LogP contribution < -0.4 is 0 Å². The number of nitro groups is 1. The third-order valence-electron chi connectivity index (χ3n) is 3.08. The maximum absolute atomic E-state index is 11.7. The predicted molar refractivity (Wildman–Crippen MR) is 74.7 cm³/mol. The van der Waals surface area contributed by atoms with E-state index in [-0.39, 0.29) is 17.5 Å². The number of carbonyl (C=O) groups is 1. The Morgan fingerprint density at radius 1 is 1.32 bits per heavy atom. The van der Waals surface area contributed by atoms with E-state index in [0.29, 0.717) is 11.3 Å². The summed E-state index contributed by atoms with van der Waals surface area (Å²) in [6.07, 6.45) is 0.693. The van der Waals surface area contributed by atoms with Crippen LogP contribution in [0, 0.1) is 10.1 Å². The molecule has 8 nitrogen and oxygen atoms in total. The summed E-state index contributed by atoms with van der Waals surface area (Å²) in [6, 6.07) is 9.08. The van der Waals surface area contributed by atoms with Crippen LogP contribution in [0.4, 0.5) is 5.69 Å². The third-order valence-corrected chi connectivity index (χ3v) is 3.08. The first kappa shape index (κ1) is 13.8. The molecule has 0 radical (unpaired) electrons. The molecule has 1 aromatic heterocycles. The molecule has 0 N–H and O–H groups in total. The van der Waals surface area contributed by atoms with E-state index in [9.17, 15) is 14.9 Å². The SMILES string of the molecule is CC(=O)N1N=C(c2ccc([N+](=O)[O-])cc2)O[C@H]1c1ccco1. The van der Waals surface area contributed by atoms with Crippen molar-refractivity contribution in [3.8, 4) is 0 Å². The second kappa shape index (κ2) is 5.32. The van der Waals surface area contributed by atoms with Gasteiger partial charge in [0.05, 0.1) is 11.2 Å². The highest BCUT2D eigenvalue weighted by atomic mass is 16.6. The topological polar surface area (TPSA) is 98.2 Å².